The van der Waals surface area contributed by atoms with Crippen LogP contribution in [0.2, 0.25) is 0 Å². The van der Waals surface area contributed by atoms with Crippen molar-refractivity contribution in [2.45, 2.75) is 13.5 Å². The van der Waals surface area contributed by atoms with Gasteiger partial charge in [-0.15, -0.1) is 0 Å². The maximum atomic E-state index is 8.60. The maximum Gasteiger partial charge on any atom is 0.128 e. The second kappa shape index (κ2) is 4.67. The molecule has 0 saturated carbocycles. The van der Waals surface area contributed by atoms with Crippen LogP contribution < -0.4 is 0 Å². The molecule has 0 amide bonds. The van der Waals surface area contributed by atoms with Gasteiger partial charge in [-0.05, 0) is 29.7 Å². The summed E-state index contributed by atoms with van der Waals surface area (Å²) < 4.78 is 1.63. The van der Waals surface area contributed by atoms with Gasteiger partial charge in [-0.2, -0.15) is 10.4 Å². The van der Waals surface area contributed by atoms with Crippen LogP contribution in [0.1, 0.15) is 11.1 Å². The van der Waals surface area contributed by atoms with Gasteiger partial charge in [0.1, 0.15) is 6.54 Å². The van der Waals surface area contributed by atoms with Gasteiger partial charge >= 0.3 is 0 Å². The highest BCUT2D eigenvalue weighted by atomic mass is 15.3. The van der Waals surface area contributed by atoms with Crippen molar-refractivity contribution in [3.8, 4) is 17.2 Å². The van der Waals surface area contributed by atoms with Gasteiger partial charge in [-0.25, -0.2) is 0 Å². The van der Waals surface area contributed by atoms with Crippen molar-refractivity contribution >= 4 is 6.08 Å². The minimum Gasteiger partial charge on any atom is -0.258 e. The van der Waals surface area contributed by atoms with Crippen LogP contribution in [0.5, 0.6) is 0 Å². The molecule has 3 heteroatoms. The zero-order chi connectivity index (χ0) is 12.3. The van der Waals surface area contributed by atoms with Crippen molar-refractivity contribution in [2.24, 2.45) is 0 Å². The van der Waals surface area contributed by atoms with E-state index in [0.717, 1.165) is 16.7 Å². The lowest BCUT2D eigenvalue weighted by Gasteiger charge is -2.02. The average Bonchev–Trinajstić information content (AvgIpc) is 2.77. The number of aryl methyl sites for hydroxylation is 1. The number of benzene rings is 1. The predicted molar refractivity (Wildman–Crippen MR) is 68.1 cm³/mol. The lowest BCUT2D eigenvalue weighted by Crippen LogP contribution is -1.94. The molecule has 0 aliphatic heterocycles. The Morgan fingerprint density at radius 1 is 1.41 bits per heavy atom. The molecule has 0 fully saturated rings. The Hall–Kier alpha value is -2.34. The Bertz CT molecular complexity index is 588. The molecular weight excluding hydrogens is 210 g/mol. The topological polar surface area (TPSA) is 41.6 Å². The molecular formula is C14H13N3. The van der Waals surface area contributed by atoms with E-state index in [-0.39, 0.29) is 6.54 Å². The Labute approximate surface area is 101 Å². The van der Waals surface area contributed by atoms with Crippen molar-refractivity contribution < 1.29 is 0 Å². The molecule has 0 atom stereocenters. The van der Waals surface area contributed by atoms with Crippen molar-refractivity contribution in [2.75, 3.05) is 0 Å². The maximum absolute atomic E-state index is 8.60. The van der Waals surface area contributed by atoms with Crippen molar-refractivity contribution in [3.63, 3.8) is 0 Å². The van der Waals surface area contributed by atoms with E-state index in [4.69, 9.17) is 5.26 Å². The summed E-state index contributed by atoms with van der Waals surface area (Å²) in [7, 11) is 0. The van der Waals surface area contributed by atoms with Crippen LogP contribution in [0.3, 0.4) is 0 Å². The van der Waals surface area contributed by atoms with Gasteiger partial charge in [0, 0.05) is 11.8 Å². The van der Waals surface area contributed by atoms with Crippen LogP contribution in [0.15, 0.2) is 37.2 Å². The van der Waals surface area contributed by atoms with Crippen LogP contribution in [0.4, 0.5) is 0 Å². The summed E-state index contributed by atoms with van der Waals surface area (Å²) >= 11 is 0. The molecule has 0 aliphatic rings. The summed E-state index contributed by atoms with van der Waals surface area (Å²) in [6.45, 7) is 6.11. The molecule has 0 radical (unpaired) electrons. The first-order valence-corrected chi connectivity index (χ1v) is 5.37. The molecule has 2 aromatic rings. The van der Waals surface area contributed by atoms with E-state index in [1.165, 1.54) is 5.56 Å². The van der Waals surface area contributed by atoms with E-state index in [2.05, 4.69) is 42.9 Å². The largest absolute Gasteiger partial charge is 0.258 e. The van der Waals surface area contributed by atoms with Crippen molar-refractivity contribution in [1.29, 1.82) is 5.26 Å². The molecule has 0 N–H and O–H groups in total. The third kappa shape index (κ3) is 2.43. The van der Waals surface area contributed by atoms with Crippen LogP contribution >= 0.6 is 0 Å². The summed E-state index contributed by atoms with van der Waals surface area (Å²) in [6.07, 6.45) is 5.49. The van der Waals surface area contributed by atoms with E-state index in [1.807, 2.05) is 12.3 Å². The number of rotatable bonds is 3. The summed E-state index contributed by atoms with van der Waals surface area (Å²) in [6, 6.07) is 8.31. The highest BCUT2D eigenvalue weighted by Gasteiger charge is 2.03. The quantitative estimate of drug-likeness (QED) is 0.802. The SMILES string of the molecule is C=Cc1cc(C)cc(-c2cnn(CC#N)c2)c1. The van der Waals surface area contributed by atoms with Gasteiger partial charge in [-0.3, -0.25) is 4.68 Å². The molecule has 1 heterocycles. The molecule has 84 valence electrons. The molecule has 0 spiro atoms. The van der Waals surface area contributed by atoms with E-state index in [9.17, 15) is 0 Å². The Morgan fingerprint density at radius 2 is 2.24 bits per heavy atom. The highest BCUT2D eigenvalue weighted by Crippen LogP contribution is 2.22. The normalized spacial score (nSPS) is 9.88. The standard InChI is InChI=1S/C14H13N3/c1-3-12-6-11(2)7-13(8-12)14-9-16-17(10-14)5-4-15/h3,6-10H,1,5H2,2H3. The van der Waals surface area contributed by atoms with E-state index >= 15 is 0 Å². The number of hydrogen-bond donors (Lipinski definition) is 0. The number of nitriles is 1. The molecule has 1 aromatic heterocycles. The second-order valence-electron chi connectivity index (χ2n) is 3.92. The van der Waals surface area contributed by atoms with Crippen LogP contribution in [0, 0.1) is 18.3 Å². The summed E-state index contributed by atoms with van der Waals surface area (Å²) in [5.74, 6) is 0. The minimum absolute atomic E-state index is 0.278. The second-order valence-corrected chi connectivity index (χ2v) is 3.92. The lowest BCUT2D eigenvalue weighted by atomic mass is 10.0. The number of aromatic nitrogens is 2. The first-order valence-electron chi connectivity index (χ1n) is 5.37. The summed E-state index contributed by atoms with van der Waals surface area (Å²) in [4.78, 5) is 0. The summed E-state index contributed by atoms with van der Waals surface area (Å²) in [5.41, 5.74) is 4.40. The fraction of sp³-hybridized carbons (Fsp3) is 0.143. The minimum atomic E-state index is 0.278. The van der Waals surface area contributed by atoms with Gasteiger partial charge in [-0.1, -0.05) is 24.8 Å². The van der Waals surface area contributed by atoms with E-state index in [1.54, 1.807) is 10.9 Å². The van der Waals surface area contributed by atoms with Crippen LogP contribution in [-0.4, -0.2) is 9.78 Å². The molecule has 0 aliphatic carbocycles. The number of hydrogen-bond acceptors (Lipinski definition) is 2. The van der Waals surface area contributed by atoms with Crippen LogP contribution in [0.25, 0.3) is 17.2 Å². The highest BCUT2D eigenvalue weighted by molar-refractivity contribution is 5.67. The zero-order valence-corrected chi connectivity index (χ0v) is 9.72. The first-order chi connectivity index (χ1) is 8.22. The van der Waals surface area contributed by atoms with Crippen molar-refractivity contribution in [3.05, 3.63) is 48.3 Å². The van der Waals surface area contributed by atoms with Gasteiger partial charge in [0.05, 0.1) is 12.3 Å². The fourth-order valence-electron chi connectivity index (χ4n) is 1.77. The van der Waals surface area contributed by atoms with Gasteiger partial charge < -0.3 is 0 Å². The summed E-state index contributed by atoms with van der Waals surface area (Å²) in [5, 5.41) is 12.7. The zero-order valence-electron chi connectivity index (χ0n) is 9.72. The smallest absolute Gasteiger partial charge is 0.128 e. The van der Waals surface area contributed by atoms with Gasteiger partial charge in [0.2, 0.25) is 0 Å². The van der Waals surface area contributed by atoms with Crippen molar-refractivity contribution in [1.82, 2.24) is 9.78 Å². The first kappa shape index (κ1) is 11.2. The molecule has 0 bridgehead atoms. The number of nitrogens with zero attached hydrogens (tertiary/aromatic N) is 3. The molecule has 1 aromatic carbocycles. The molecule has 2 rings (SSSR count). The third-order valence-electron chi connectivity index (χ3n) is 2.53. The van der Waals surface area contributed by atoms with Gasteiger partial charge in [0.15, 0.2) is 0 Å². The predicted octanol–water partition coefficient (Wildman–Crippen LogP) is 3.03. The fourth-order valence-corrected chi connectivity index (χ4v) is 1.77. The Kier molecular flexibility index (Phi) is 3.06. The van der Waals surface area contributed by atoms with E-state index < -0.39 is 0 Å². The molecule has 0 saturated heterocycles. The molecule has 3 nitrogen and oxygen atoms in total. The molecule has 17 heavy (non-hydrogen) atoms. The lowest BCUT2D eigenvalue weighted by molar-refractivity contribution is 0.710. The third-order valence-corrected chi connectivity index (χ3v) is 2.53. The van der Waals surface area contributed by atoms with Gasteiger partial charge in [0.25, 0.3) is 0 Å². The Balaban J connectivity index is 2.41. The average molecular weight is 223 g/mol. The van der Waals surface area contributed by atoms with E-state index in [0.29, 0.717) is 0 Å². The molecule has 0 unspecified atom stereocenters. The van der Waals surface area contributed by atoms with Crippen LogP contribution in [-0.2, 0) is 6.54 Å². The monoisotopic (exact) mass is 223 g/mol. The Morgan fingerprint density at radius 3 is 2.94 bits per heavy atom.